The van der Waals surface area contributed by atoms with Crippen LogP contribution in [0, 0.1) is 5.92 Å². The number of carbonyl (C=O) groups excluding carboxylic acids is 1. The molecule has 0 spiro atoms. The molecule has 1 aliphatic heterocycles. The van der Waals surface area contributed by atoms with Crippen molar-refractivity contribution in [1.82, 2.24) is 10.2 Å². The third kappa shape index (κ3) is 2.10. The molecular weight excluding hydrogens is 272 g/mol. The molecule has 106 valence electrons. The highest BCUT2D eigenvalue weighted by Gasteiger charge is 2.52. The Hall–Kier alpha value is -1.48. The zero-order valence-corrected chi connectivity index (χ0v) is 12.5. The minimum Gasteiger partial charge on any atom is -0.361 e. The van der Waals surface area contributed by atoms with E-state index in [-0.39, 0.29) is 11.7 Å². The largest absolute Gasteiger partial charge is 0.361 e. The van der Waals surface area contributed by atoms with E-state index < -0.39 is 0 Å². The summed E-state index contributed by atoms with van der Waals surface area (Å²) in [7, 11) is 0. The van der Waals surface area contributed by atoms with Crippen molar-refractivity contribution >= 4 is 17.9 Å². The van der Waals surface area contributed by atoms with Gasteiger partial charge in [-0.15, -0.1) is 0 Å². The second-order valence-electron chi connectivity index (χ2n) is 5.91. The first-order chi connectivity index (χ1) is 9.56. The van der Waals surface area contributed by atoms with Gasteiger partial charge >= 0.3 is 0 Å². The Morgan fingerprint density at radius 3 is 2.50 bits per heavy atom. The molecule has 0 aromatic heterocycles. The summed E-state index contributed by atoms with van der Waals surface area (Å²) in [6.07, 6.45) is 4.99. The van der Waals surface area contributed by atoms with Gasteiger partial charge in [0.05, 0.1) is 5.54 Å². The number of allylic oxidation sites excluding steroid dienone is 1. The maximum absolute atomic E-state index is 11.4. The van der Waals surface area contributed by atoms with E-state index in [9.17, 15) is 4.79 Å². The zero-order chi connectivity index (χ0) is 14.3. The number of carbonyl (C=O) groups is 1. The monoisotopic (exact) mass is 290 g/mol. The lowest BCUT2D eigenvalue weighted by atomic mass is 10.0. The van der Waals surface area contributed by atoms with E-state index in [0.29, 0.717) is 5.92 Å². The number of hydrogen-bond acceptors (Lipinski definition) is 3. The van der Waals surface area contributed by atoms with Crippen molar-refractivity contribution in [2.24, 2.45) is 5.92 Å². The van der Waals surface area contributed by atoms with Gasteiger partial charge in [0.25, 0.3) is 0 Å². The standard InChI is InChI=1S/C16H19ClN2O/c1-11(2)14-9-19(15(10-20)18-14)16(7-8-16)12-3-5-13(17)6-4-12/h3-6,9-11,15,18H,7-8H2,1-2H3. The number of nitrogens with one attached hydrogen (secondary N) is 1. The molecule has 1 atom stereocenters. The highest BCUT2D eigenvalue weighted by atomic mass is 35.5. The van der Waals surface area contributed by atoms with Gasteiger partial charge in [-0.05, 0) is 36.5 Å². The summed E-state index contributed by atoms with van der Waals surface area (Å²) in [6.45, 7) is 4.26. The second-order valence-corrected chi connectivity index (χ2v) is 6.35. The maximum atomic E-state index is 11.4. The molecule has 0 bridgehead atoms. The van der Waals surface area contributed by atoms with Crippen LogP contribution in [0.15, 0.2) is 36.2 Å². The summed E-state index contributed by atoms with van der Waals surface area (Å²) < 4.78 is 0. The number of benzene rings is 1. The molecule has 0 amide bonds. The molecular formula is C16H19ClN2O. The molecule has 1 heterocycles. The number of aldehydes is 1. The van der Waals surface area contributed by atoms with Crippen LogP contribution in [0.2, 0.25) is 5.02 Å². The molecule has 3 nitrogen and oxygen atoms in total. The average Bonchev–Trinajstić information content (AvgIpc) is 3.11. The van der Waals surface area contributed by atoms with E-state index in [1.807, 2.05) is 12.1 Å². The summed E-state index contributed by atoms with van der Waals surface area (Å²) in [4.78, 5) is 13.6. The smallest absolute Gasteiger partial charge is 0.162 e. The molecule has 3 rings (SSSR count). The molecule has 1 aromatic carbocycles. The summed E-state index contributed by atoms with van der Waals surface area (Å²) in [5, 5.41) is 4.06. The Kier molecular flexibility index (Phi) is 3.25. The summed E-state index contributed by atoms with van der Waals surface area (Å²) >= 11 is 5.97. The molecule has 1 aromatic rings. The topological polar surface area (TPSA) is 32.3 Å². The van der Waals surface area contributed by atoms with E-state index in [1.165, 1.54) is 5.56 Å². The quantitative estimate of drug-likeness (QED) is 0.864. The van der Waals surface area contributed by atoms with Gasteiger partial charge < -0.3 is 10.2 Å². The molecule has 20 heavy (non-hydrogen) atoms. The molecule has 1 N–H and O–H groups in total. The Balaban J connectivity index is 1.94. The lowest BCUT2D eigenvalue weighted by molar-refractivity contribution is -0.112. The van der Waals surface area contributed by atoms with Crippen molar-refractivity contribution in [3.05, 3.63) is 46.7 Å². The number of rotatable bonds is 4. The Morgan fingerprint density at radius 2 is 2.00 bits per heavy atom. The summed E-state index contributed by atoms with van der Waals surface area (Å²) in [6, 6.07) is 7.98. The Morgan fingerprint density at radius 1 is 1.35 bits per heavy atom. The Labute approximate surface area is 124 Å². The first-order valence-electron chi connectivity index (χ1n) is 7.05. The van der Waals surface area contributed by atoms with Crippen LogP contribution < -0.4 is 5.32 Å². The van der Waals surface area contributed by atoms with Crippen molar-refractivity contribution in [2.75, 3.05) is 0 Å². The van der Waals surface area contributed by atoms with Gasteiger partial charge in [0.1, 0.15) is 0 Å². The highest BCUT2D eigenvalue weighted by Crippen LogP contribution is 2.53. The fraction of sp³-hybridized carbons (Fsp3) is 0.438. The highest BCUT2D eigenvalue weighted by molar-refractivity contribution is 6.30. The predicted octanol–water partition coefficient (Wildman–Crippen LogP) is 3.26. The maximum Gasteiger partial charge on any atom is 0.162 e. The molecule has 0 radical (unpaired) electrons. The lowest BCUT2D eigenvalue weighted by Gasteiger charge is -2.31. The molecule has 1 fully saturated rings. The Bertz CT molecular complexity index is 546. The number of nitrogens with zero attached hydrogens (tertiary/aromatic N) is 1. The van der Waals surface area contributed by atoms with Crippen molar-refractivity contribution < 1.29 is 4.79 Å². The fourth-order valence-corrected chi connectivity index (χ4v) is 3.01. The van der Waals surface area contributed by atoms with Crippen LogP contribution in [-0.4, -0.2) is 17.4 Å². The molecule has 4 heteroatoms. The van der Waals surface area contributed by atoms with E-state index >= 15 is 0 Å². The molecule has 1 saturated carbocycles. The van der Waals surface area contributed by atoms with Gasteiger partial charge in [0.15, 0.2) is 12.5 Å². The second kappa shape index (κ2) is 4.81. The SMILES string of the molecule is CC(C)C1=CN(C2(c3ccc(Cl)cc3)CC2)C(C=O)N1. The van der Waals surface area contributed by atoms with Gasteiger partial charge in [-0.2, -0.15) is 0 Å². The van der Waals surface area contributed by atoms with Crippen LogP contribution in [0.1, 0.15) is 32.3 Å². The van der Waals surface area contributed by atoms with E-state index in [1.54, 1.807) is 0 Å². The zero-order valence-electron chi connectivity index (χ0n) is 11.8. The third-order valence-corrected chi connectivity index (χ3v) is 4.49. The van der Waals surface area contributed by atoms with Crippen molar-refractivity contribution in [3.8, 4) is 0 Å². The van der Waals surface area contributed by atoms with Gasteiger partial charge in [0.2, 0.25) is 0 Å². The van der Waals surface area contributed by atoms with Crippen LogP contribution in [0.25, 0.3) is 0 Å². The average molecular weight is 291 g/mol. The van der Waals surface area contributed by atoms with Gasteiger partial charge in [-0.1, -0.05) is 37.6 Å². The minimum atomic E-state index is -0.259. The molecule has 0 saturated heterocycles. The van der Waals surface area contributed by atoms with Crippen molar-refractivity contribution in [2.45, 2.75) is 38.4 Å². The molecule has 2 aliphatic rings. The van der Waals surface area contributed by atoms with Crippen LogP contribution in [0.5, 0.6) is 0 Å². The van der Waals surface area contributed by atoms with Crippen LogP contribution in [-0.2, 0) is 10.3 Å². The predicted molar refractivity (Wildman–Crippen MR) is 80.1 cm³/mol. The van der Waals surface area contributed by atoms with Crippen molar-refractivity contribution in [1.29, 1.82) is 0 Å². The number of hydrogen-bond donors (Lipinski definition) is 1. The third-order valence-electron chi connectivity index (χ3n) is 4.24. The lowest BCUT2D eigenvalue weighted by Crippen LogP contribution is -2.43. The first-order valence-corrected chi connectivity index (χ1v) is 7.43. The van der Waals surface area contributed by atoms with Gasteiger partial charge in [0, 0.05) is 16.9 Å². The van der Waals surface area contributed by atoms with E-state index in [2.05, 4.69) is 42.4 Å². The van der Waals surface area contributed by atoms with Crippen LogP contribution in [0.3, 0.4) is 0 Å². The van der Waals surface area contributed by atoms with E-state index in [0.717, 1.165) is 29.8 Å². The normalized spacial score (nSPS) is 23.5. The number of halogens is 1. The van der Waals surface area contributed by atoms with Gasteiger partial charge in [-0.3, -0.25) is 4.79 Å². The van der Waals surface area contributed by atoms with E-state index in [4.69, 9.17) is 11.6 Å². The molecule has 1 unspecified atom stereocenters. The van der Waals surface area contributed by atoms with Crippen molar-refractivity contribution in [3.63, 3.8) is 0 Å². The molecule has 1 aliphatic carbocycles. The first kappa shape index (κ1) is 13.5. The van der Waals surface area contributed by atoms with Crippen LogP contribution >= 0.6 is 11.6 Å². The summed E-state index contributed by atoms with van der Waals surface area (Å²) in [5.74, 6) is 0.392. The fourth-order valence-electron chi connectivity index (χ4n) is 2.89. The van der Waals surface area contributed by atoms with Crippen LogP contribution in [0.4, 0.5) is 0 Å². The minimum absolute atomic E-state index is 0.0419. The van der Waals surface area contributed by atoms with Gasteiger partial charge in [-0.25, -0.2) is 0 Å². The summed E-state index contributed by atoms with van der Waals surface area (Å²) in [5.41, 5.74) is 2.32.